The van der Waals surface area contributed by atoms with E-state index in [-0.39, 0.29) is 39.2 Å². The minimum absolute atomic E-state index is 0.0194. The molecule has 0 spiro atoms. The van der Waals surface area contributed by atoms with Crippen molar-refractivity contribution in [3.05, 3.63) is 205 Å². The van der Waals surface area contributed by atoms with E-state index in [0.717, 1.165) is 38.6 Å². The van der Waals surface area contributed by atoms with Crippen molar-refractivity contribution >= 4 is 38.9 Å². The highest BCUT2D eigenvalue weighted by Crippen LogP contribution is 2.51. The van der Waals surface area contributed by atoms with Crippen molar-refractivity contribution in [1.29, 1.82) is 0 Å². The molecule has 2 heteroatoms. The molecule has 1 aliphatic rings. The summed E-state index contributed by atoms with van der Waals surface area (Å²) in [6, 6.07) is 32.9. The monoisotopic (exact) mass is 692 g/mol. The van der Waals surface area contributed by atoms with E-state index in [9.17, 15) is 9.60 Å². The third-order valence-electron chi connectivity index (χ3n) is 10.0. The molecule has 0 saturated heterocycles. The topological polar surface area (TPSA) is 8.17 Å². The Balaban J connectivity index is 1.28. The smallest absolute Gasteiger partial charge is 0.0651 e. The van der Waals surface area contributed by atoms with Gasteiger partial charge in [0.05, 0.1) is 26.1 Å². The van der Waals surface area contributed by atoms with Crippen LogP contribution in [-0.2, 0) is 5.41 Å². The largest absolute Gasteiger partial charge is 0.310 e. The summed E-state index contributed by atoms with van der Waals surface area (Å²) in [6.45, 7) is -1.81. The summed E-state index contributed by atoms with van der Waals surface area (Å²) >= 11 is 0. The van der Waals surface area contributed by atoms with E-state index >= 15 is 0 Å². The normalized spacial score (nSPS) is 18.7. The van der Waals surface area contributed by atoms with E-state index in [4.69, 9.17) is 9.60 Å². The Morgan fingerprint density at radius 3 is 2.02 bits per heavy atom. The van der Waals surface area contributed by atoms with Crippen LogP contribution in [0.25, 0.3) is 60.9 Å². The van der Waals surface area contributed by atoms with Crippen molar-refractivity contribution in [3.8, 4) is 39.1 Å². The summed E-state index contributed by atoms with van der Waals surface area (Å²) in [5.41, 5.74) is 0.600. The Morgan fingerprint density at radius 1 is 0.509 bits per heavy atom. The first kappa shape index (κ1) is 19.8. The first-order valence-corrected chi connectivity index (χ1v) is 17.3. The fourth-order valence-electron chi connectivity index (χ4n) is 7.45. The molecule has 10 rings (SSSR count). The van der Waals surface area contributed by atoms with Crippen LogP contribution in [-0.4, -0.2) is 4.57 Å². The number of rotatable bonds is 6. The summed E-state index contributed by atoms with van der Waals surface area (Å²) in [5, 5.41) is 1.69. The zero-order chi connectivity index (χ0) is 47.6. The van der Waals surface area contributed by atoms with Crippen molar-refractivity contribution in [2.75, 3.05) is 4.90 Å². The van der Waals surface area contributed by atoms with E-state index in [1.54, 1.807) is 30.3 Å². The van der Waals surface area contributed by atoms with Gasteiger partial charge >= 0.3 is 0 Å². The number of anilines is 3. The molecule has 8 aromatic carbocycles. The lowest BCUT2D eigenvalue weighted by Gasteiger charge is -2.28. The Labute approximate surface area is 330 Å². The van der Waals surface area contributed by atoms with Crippen LogP contribution in [0.15, 0.2) is 194 Å². The average molecular weight is 693 g/mol. The van der Waals surface area contributed by atoms with Crippen LogP contribution < -0.4 is 4.90 Å². The number of aromatic nitrogens is 1. The Bertz CT molecular complexity index is 3530. The second kappa shape index (κ2) is 12.3. The average Bonchev–Trinajstić information content (AvgIpc) is 3.82. The Morgan fingerprint density at radius 2 is 1.19 bits per heavy atom. The quantitative estimate of drug-likeness (QED) is 0.168. The summed E-state index contributed by atoms with van der Waals surface area (Å²) < 4.78 is 131. The van der Waals surface area contributed by atoms with Crippen molar-refractivity contribution < 1.29 is 19.2 Å². The molecule has 252 valence electrons. The van der Waals surface area contributed by atoms with Gasteiger partial charge in [-0.1, -0.05) is 141 Å². The van der Waals surface area contributed by atoms with Crippen LogP contribution in [0.3, 0.4) is 0 Å². The van der Waals surface area contributed by atoms with Crippen LogP contribution in [0.4, 0.5) is 17.1 Å². The fourth-order valence-corrected chi connectivity index (χ4v) is 7.45. The van der Waals surface area contributed by atoms with E-state index in [1.165, 1.54) is 11.8 Å². The molecule has 1 atom stereocenters. The summed E-state index contributed by atoms with van der Waals surface area (Å²) in [7, 11) is 0. The van der Waals surface area contributed by atoms with Crippen LogP contribution in [0.5, 0.6) is 0 Å². The predicted octanol–water partition coefficient (Wildman–Crippen LogP) is 13.9. The molecule has 0 radical (unpaired) electrons. The lowest BCUT2D eigenvalue weighted by molar-refractivity contribution is 0.660. The molecule has 0 fully saturated rings. The van der Waals surface area contributed by atoms with Gasteiger partial charge in [0, 0.05) is 43.0 Å². The number of hydrogen-bond acceptors (Lipinski definition) is 1. The third kappa shape index (κ3) is 5.10. The second-order valence-electron chi connectivity index (χ2n) is 13.2. The van der Waals surface area contributed by atoms with Crippen LogP contribution in [0.2, 0.25) is 0 Å². The molecule has 0 bridgehead atoms. The van der Waals surface area contributed by atoms with E-state index < -0.39 is 84.4 Å². The minimum Gasteiger partial charge on any atom is -0.310 e. The molecule has 2 nitrogen and oxygen atoms in total. The van der Waals surface area contributed by atoms with Crippen LogP contribution in [0.1, 0.15) is 44.1 Å². The molecular weight excluding hydrogens is 641 g/mol. The zero-order valence-corrected chi connectivity index (χ0v) is 28.5. The highest BCUT2D eigenvalue weighted by Gasteiger charge is 2.35. The van der Waals surface area contributed by atoms with Crippen LogP contribution >= 0.6 is 0 Å². The number of para-hydroxylation sites is 2. The maximum atomic E-state index is 10.0. The molecule has 0 saturated carbocycles. The number of fused-ring (bicyclic) bond motifs is 6. The summed E-state index contributed by atoms with van der Waals surface area (Å²) in [5.74, 6) is 0. The fraction of sp³-hybridized carbons (Fsp3) is 0.0588. The van der Waals surface area contributed by atoms with Gasteiger partial charge in [0.1, 0.15) is 0 Å². The van der Waals surface area contributed by atoms with Gasteiger partial charge in [0.15, 0.2) is 0 Å². The number of hydrogen-bond donors (Lipinski definition) is 0. The number of nitrogens with zero attached hydrogens (tertiary/aromatic N) is 2. The lowest BCUT2D eigenvalue weighted by atomic mass is 9.82. The van der Waals surface area contributed by atoms with E-state index in [0.29, 0.717) is 5.56 Å². The van der Waals surface area contributed by atoms with Gasteiger partial charge < -0.3 is 9.47 Å². The standard InChI is InChI=1S/C51H38N2/c1-51(2)47-22-11-9-20-43(47)44-30-29-42(34-48(44)51)52(40-27-24-36(25-28-40)35-14-5-3-6-15-35)41-19-13-16-37(32-41)38-26-31-50-46(33-38)45-21-10-12-23-49(45)53(50)39-17-7-4-8-18-39/h3-34H,1-2H3/i1D3,9D,11D,13D,16D,19D,20D,22D,29D,30D,32D,34D. The van der Waals surface area contributed by atoms with E-state index in [1.807, 2.05) is 97.1 Å². The van der Waals surface area contributed by atoms with Crippen molar-refractivity contribution in [2.45, 2.75) is 19.2 Å². The molecule has 53 heavy (non-hydrogen) atoms. The Hall–Kier alpha value is -6.64. The molecule has 1 heterocycles. The van der Waals surface area contributed by atoms with Gasteiger partial charge in [-0.3, -0.25) is 0 Å². The van der Waals surface area contributed by atoms with Gasteiger partial charge in [-0.2, -0.15) is 0 Å². The Kier molecular flexibility index (Phi) is 4.58. The number of benzene rings is 8. The molecule has 1 unspecified atom stereocenters. The first-order valence-electron chi connectivity index (χ1n) is 24.3. The molecule has 0 amide bonds. The third-order valence-corrected chi connectivity index (χ3v) is 10.0. The molecule has 0 aliphatic heterocycles. The van der Waals surface area contributed by atoms with Crippen molar-refractivity contribution in [3.63, 3.8) is 0 Å². The molecular formula is C51H38N2. The summed E-state index contributed by atoms with van der Waals surface area (Å²) in [6.07, 6.45) is 0. The van der Waals surface area contributed by atoms with Crippen LogP contribution in [0, 0.1) is 0 Å². The maximum Gasteiger partial charge on any atom is 0.0651 e. The maximum absolute atomic E-state index is 10.0. The van der Waals surface area contributed by atoms with Gasteiger partial charge in [0.2, 0.25) is 0 Å². The van der Waals surface area contributed by atoms with Gasteiger partial charge in [-0.15, -0.1) is 0 Å². The zero-order valence-electron chi connectivity index (χ0n) is 42.5. The molecule has 1 aromatic heterocycles. The van der Waals surface area contributed by atoms with Gasteiger partial charge in [0.25, 0.3) is 0 Å². The minimum atomic E-state index is -3.06. The SMILES string of the molecule is [2H]c1c([2H])c([2H])c2c(c1[2H])-c1c([2H])c([2H])c(N(c3ccc(-c4ccccc4)cc3)c3c([2H])c([2H])c([2H])c(-c4ccc5c(c4)c4ccccc4n5-c4ccccc4)c3[2H])c([2H])c1C2(C)C([2H])([2H])[2H]. The molecule has 0 N–H and O–H groups in total. The second-order valence-corrected chi connectivity index (χ2v) is 13.2. The summed E-state index contributed by atoms with van der Waals surface area (Å²) in [4.78, 5) is 1.24. The highest BCUT2D eigenvalue weighted by molar-refractivity contribution is 6.10. The highest BCUT2D eigenvalue weighted by atomic mass is 15.1. The van der Waals surface area contributed by atoms with Crippen molar-refractivity contribution in [1.82, 2.24) is 4.57 Å². The first-order chi connectivity index (χ1) is 31.9. The van der Waals surface area contributed by atoms with Crippen molar-refractivity contribution in [2.24, 2.45) is 0 Å². The molecule has 1 aliphatic carbocycles. The van der Waals surface area contributed by atoms with Gasteiger partial charge in [-0.25, -0.2) is 0 Å². The molecule has 9 aromatic rings. The predicted molar refractivity (Wildman–Crippen MR) is 224 cm³/mol. The van der Waals surface area contributed by atoms with Gasteiger partial charge in [-0.05, 0) is 111 Å². The van der Waals surface area contributed by atoms with E-state index in [2.05, 4.69) is 4.57 Å². The lowest BCUT2D eigenvalue weighted by Crippen LogP contribution is -2.16.